The number of pyridine rings is 1. The zero-order valence-electron chi connectivity index (χ0n) is 13.3. The molecule has 0 N–H and O–H groups in total. The maximum absolute atomic E-state index is 12.3. The van der Waals surface area contributed by atoms with Crippen LogP contribution in [0, 0.1) is 6.92 Å². The van der Waals surface area contributed by atoms with Crippen LogP contribution in [0.15, 0.2) is 51.5 Å². The van der Waals surface area contributed by atoms with Gasteiger partial charge in [0.25, 0.3) is 0 Å². The van der Waals surface area contributed by atoms with E-state index in [0.717, 1.165) is 11.5 Å². The second kappa shape index (κ2) is 8.09. The van der Waals surface area contributed by atoms with Crippen LogP contribution in [0.25, 0.3) is 0 Å². The van der Waals surface area contributed by atoms with Crippen molar-refractivity contribution in [2.75, 3.05) is 6.61 Å². The predicted molar refractivity (Wildman–Crippen MR) is 94.0 cm³/mol. The monoisotopic (exact) mass is 374 g/mol. The maximum atomic E-state index is 12.3. The van der Waals surface area contributed by atoms with Gasteiger partial charge in [-0.05, 0) is 30.5 Å². The fourth-order valence-electron chi connectivity index (χ4n) is 2.01. The van der Waals surface area contributed by atoms with Crippen LogP contribution in [0.4, 0.5) is 0 Å². The molecule has 0 atom stereocenters. The number of nitrogens with zero attached hydrogens (tertiary/aromatic N) is 2. The molecule has 0 aliphatic carbocycles. The lowest BCUT2D eigenvalue weighted by Crippen LogP contribution is -2.14. The zero-order valence-corrected chi connectivity index (χ0v) is 14.9. The largest absolute Gasteiger partial charge is 0.454 e. The Morgan fingerprint density at radius 2 is 2.20 bits per heavy atom. The van der Waals surface area contributed by atoms with Crippen molar-refractivity contribution in [3.63, 3.8) is 0 Å². The first-order valence-electron chi connectivity index (χ1n) is 7.37. The summed E-state index contributed by atoms with van der Waals surface area (Å²) in [6, 6.07) is 8.59. The molecule has 0 aromatic carbocycles. The van der Waals surface area contributed by atoms with Crippen LogP contribution in [0.2, 0.25) is 0 Å². The number of thioether (sulfide) groups is 1. The summed E-state index contributed by atoms with van der Waals surface area (Å²) in [6.07, 6.45) is 1.60. The van der Waals surface area contributed by atoms with Crippen LogP contribution in [0.1, 0.15) is 31.5 Å². The molecule has 25 heavy (non-hydrogen) atoms. The summed E-state index contributed by atoms with van der Waals surface area (Å²) in [4.78, 5) is 29.0. The van der Waals surface area contributed by atoms with Crippen molar-refractivity contribution in [1.29, 1.82) is 0 Å². The van der Waals surface area contributed by atoms with Crippen molar-refractivity contribution >= 4 is 34.9 Å². The Kier molecular flexibility index (Phi) is 5.62. The van der Waals surface area contributed by atoms with E-state index < -0.39 is 5.97 Å². The van der Waals surface area contributed by atoms with Gasteiger partial charge in [-0.25, -0.2) is 9.78 Å². The van der Waals surface area contributed by atoms with Crippen molar-refractivity contribution < 1.29 is 18.8 Å². The highest BCUT2D eigenvalue weighted by Gasteiger charge is 2.17. The number of ketones is 1. The molecule has 0 radical (unpaired) electrons. The van der Waals surface area contributed by atoms with Crippen LogP contribution in [0.3, 0.4) is 0 Å². The summed E-state index contributed by atoms with van der Waals surface area (Å²) in [6.45, 7) is 1.52. The number of rotatable bonds is 7. The normalized spacial score (nSPS) is 10.6. The molecule has 128 valence electrons. The second-order valence-electron chi connectivity index (χ2n) is 5.05. The summed E-state index contributed by atoms with van der Waals surface area (Å²) in [7, 11) is 0. The minimum absolute atomic E-state index is 0.223. The van der Waals surface area contributed by atoms with Crippen LogP contribution in [-0.4, -0.2) is 28.5 Å². The Morgan fingerprint density at radius 1 is 1.32 bits per heavy atom. The summed E-state index contributed by atoms with van der Waals surface area (Å²) >= 11 is 2.67. The number of aromatic nitrogens is 2. The number of thiophene rings is 1. The van der Waals surface area contributed by atoms with Gasteiger partial charge in [0.1, 0.15) is 10.8 Å². The standard InChI is InChI=1S/C17H14N2O4S2/c1-11-8-12(19-23-11)10-25-16-13(4-2-6-18-16)17(21)22-9-14(20)15-5-3-7-24-15/h2-8H,9-10H2,1H3. The van der Waals surface area contributed by atoms with Gasteiger partial charge >= 0.3 is 5.97 Å². The van der Waals surface area contributed by atoms with Crippen molar-refractivity contribution in [1.82, 2.24) is 10.1 Å². The molecule has 3 aromatic heterocycles. The van der Waals surface area contributed by atoms with Crippen LogP contribution in [0.5, 0.6) is 0 Å². The van der Waals surface area contributed by atoms with Crippen molar-refractivity contribution in [2.45, 2.75) is 17.7 Å². The first kappa shape index (κ1) is 17.4. The molecule has 0 saturated carbocycles. The first-order valence-corrected chi connectivity index (χ1v) is 9.24. The van der Waals surface area contributed by atoms with Crippen LogP contribution >= 0.6 is 23.1 Å². The third kappa shape index (κ3) is 4.55. The summed E-state index contributed by atoms with van der Waals surface area (Å²) in [5, 5.41) is 6.24. The van der Waals surface area contributed by atoms with Gasteiger partial charge in [0.2, 0.25) is 5.78 Å². The second-order valence-corrected chi connectivity index (χ2v) is 6.96. The Labute approximate surface area is 152 Å². The molecule has 0 aliphatic rings. The van der Waals surface area contributed by atoms with Gasteiger partial charge in [0, 0.05) is 18.0 Å². The van der Waals surface area contributed by atoms with Gasteiger partial charge in [-0.1, -0.05) is 23.0 Å². The highest BCUT2D eigenvalue weighted by molar-refractivity contribution is 7.98. The fourth-order valence-corrected chi connectivity index (χ4v) is 3.52. The lowest BCUT2D eigenvalue weighted by molar-refractivity contribution is 0.0471. The molecule has 0 aliphatic heterocycles. The maximum Gasteiger partial charge on any atom is 0.341 e. The SMILES string of the molecule is Cc1cc(CSc2ncccc2C(=O)OCC(=O)c2cccs2)no1. The van der Waals surface area contributed by atoms with E-state index >= 15 is 0 Å². The molecule has 3 rings (SSSR count). The molecule has 3 aromatic rings. The molecule has 8 heteroatoms. The lowest BCUT2D eigenvalue weighted by Gasteiger charge is -2.07. The van der Waals surface area contributed by atoms with Gasteiger partial charge in [-0.3, -0.25) is 4.79 Å². The highest BCUT2D eigenvalue weighted by atomic mass is 32.2. The smallest absolute Gasteiger partial charge is 0.341 e. The fraction of sp³-hybridized carbons (Fsp3) is 0.176. The number of ether oxygens (including phenoxy) is 1. The summed E-state index contributed by atoms with van der Waals surface area (Å²) in [5.74, 6) is 0.447. The number of aryl methyl sites for hydroxylation is 1. The molecule has 0 amide bonds. The molecule has 0 bridgehead atoms. The van der Waals surface area contributed by atoms with Crippen molar-refractivity contribution in [2.24, 2.45) is 0 Å². The van der Waals surface area contributed by atoms with Crippen molar-refractivity contribution in [3.8, 4) is 0 Å². The highest BCUT2D eigenvalue weighted by Crippen LogP contribution is 2.24. The number of carbonyl (C=O) groups is 2. The topological polar surface area (TPSA) is 82.3 Å². The molecular weight excluding hydrogens is 360 g/mol. The Balaban J connectivity index is 1.63. The van der Waals surface area contributed by atoms with E-state index in [1.165, 1.54) is 23.1 Å². The molecule has 0 fully saturated rings. The van der Waals surface area contributed by atoms with E-state index in [1.54, 1.807) is 35.8 Å². The van der Waals surface area contributed by atoms with E-state index in [4.69, 9.17) is 9.26 Å². The number of carbonyl (C=O) groups excluding carboxylic acids is 2. The van der Waals surface area contributed by atoms with Gasteiger partial charge in [-0.15, -0.1) is 11.3 Å². The minimum atomic E-state index is -0.572. The van der Waals surface area contributed by atoms with E-state index in [2.05, 4.69) is 10.1 Å². The summed E-state index contributed by atoms with van der Waals surface area (Å²) < 4.78 is 10.2. The molecule has 0 unspecified atom stereocenters. The number of hydrogen-bond acceptors (Lipinski definition) is 8. The molecular formula is C17H14N2O4S2. The van der Waals surface area contributed by atoms with Crippen molar-refractivity contribution in [3.05, 3.63) is 63.8 Å². The zero-order chi connectivity index (χ0) is 17.6. The summed E-state index contributed by atoms with van der Waals surface area (Å²) in [5.41, 5.74) is 1.09. The minimum Gasteiger partial charge on any atom is -0.454 e. The predicted octanol–water partition coefficient (Wildman–Crippen LogP) is 3.77. The molecule has 6 nitrogen and oxygen atoms in total. The van der Waals surface area contributed by atoms with E-state index in [-0.39, 0.29) is 12.4 Å². The van der Waals surface area contributed by atoms with E-state index in [0.29, 0.717) is 21.2 Å². The molecule has 0 saturated heterocycles. The van der Waals surface area contributed by atoms with Crippen LogP contribution < -0.4 is 0 Å². The lowest BCUT2D eigenvalue weighted by atomic mass is 10.3. The third-order valence-electron chi connectivity index (χ3n) is 3.15. The van der Waals surface area contributed by atoms with E-state index in [1.807, 2.05) is 13.0 Å². The molecule has 0 spiro atoms. The molecule has 3 heterocycles. The Bertz CT molecular complexity index is 874. The average molecular weight is 374 g/mol. The van der Waals surface area contributed by atoms with E-state index in [9.17, 15) is 9.59 Å². The van der Waals surface area contributed by atoms with Gasteiger partial charge in [-0.2, -0.15) is 0 Å². The number of hydrogen-bond donors (Lipinski definition) is 0. The van der Waals surface area contributed by atoms with Crippen LogP contribution in [-0.2, 0) is 10.5 Å². The average Bonchev–Trinajstić information content (AvgIpc) is 3.29. The Morgan fingerprint density at radius 3 is 2.92 bits per heavy atom. The quantitative estimate of drug-likeness (QED) is 0.354. The number of Topliss-reactive ketones (excluding diaryl/α,β-unsaturated/α-hetero) is 1. The van der Waals surface area contributed by atoms with Gasteiger partial charge in [0.05, 0.1) is 16.1 Å². The third-order valence-corrected chi connectivity index (χ3v) is 5.10. The first-order chi connectivity index (χ1) is 12.1. The Hall–Kier alpha value is -2.45. The van der Waals surface area contributed by atoms with Gasteiger partial charge < -0.3 is 9.26 Å². The van der Waals surface area contributed by atoms with Gasteiger partial charge in [0.15, 0.2) is 6.61 Å². The number of esters is 1.